The van der Waals surface area contributed by atoms with E-state index >= 15 is 0 Å². The number of hydrogen-bond donors (Lipinski definition) is 0. The van der Waals surface area contributed by atoms with E-state index in [0.717, 1.165) is 33.6 Å². The van der Waals surface area contributed by atoms with Crippen LogP contribution in [0.2, 0.25) is 0 Å². The Morgan fingerprint density at radius 1 is 1.04 bits per heavy atom. The highest BCUT2D eigenvalue weighted by molar-refractivity contribution is 7.04. The third-order valence-electron chi connectivity index (χ3n) is 4.00. The lowest BCUT2D eigenvalue weighted by molar-refractivity contribution is 0.722. The van der Waals surface area contributed by atoms with Crippen molar-refractivity contribution in [2.45, 2.75) is 20.4 Å². The second-order valence-electron chi connectivity index (χ2n) is 5.79. The van der Waals surface area contributed by atoms with Crippen molar-refractivity contribution in [2.24, 2.45) is 0 Å². The number of benzene rings is 2. The number of nitrogens with zero attached hydrogens (tertiary/aromatic N) is 2. The van der Waals surface area contributed by atoms with Gasteiger partial charge in [0.1, 0.15) is 0 Å². The molecule has 0 spiro atoms. The monoisotopic (exact) mass is 364 g/mol. The molecule has 4 nitrogen and oxygen atoms in total. The highest BCUT2D eigenvalue weighted by Gasteiger charge is 2.14. The van der Waals surface area contributed by atoms with E-state index in [4.69, 9.17) is 0 Å². The maximum absolute atomic E-state index is 12.9. The highest BCUT2D eigenvalue weighted by Crippen LogP contribution is 2.21. The molecule has 0 N–H and O–H groups in total. The first kappa shape index (κ1) is 17.9. The number of fused-ring (bicyclic) bond motifs is 1. The Labute approximate surface area is 155 Å². The molecular weight excluding hydrogens is 344 g/mol. The molecule has 0 unspecified atom stereocenters. The first-order valence-corrected chi connectivity index (χ1v) is 9.19. The van der Waals surface area contributed by atoms with Crippen LogP contribution in [0.1, 0.15) is 13.8 Å². The number of rotatable bonds is 5. The van der Waals surface area contributed by atoms with Crippen molar-refractivity contribution in [2.75, 3.05) is 0 Å². The average molecular weight is 364 g/mol. The smallest absolute Gasteiger partial charge is 0.255 e. The van der Waals surface area contributed by atoms with Crippen molar-refractivity contribution >= 4 is 22.3 Å². The van der Waals surface area contributed by atoms with Gasteiger partial charge in [0, 0.05) is 16.9 Å². The fourth-order valence-corrected chi connectivity index (χ4v) is 3.63. The van der Waals surface area contributed by atoms with Gasteiger partial charge in [-0.3, -0.25) is 4.79 Å². The Morgan fingerprint density at radius 3 is 2.58 bits per heavy atom. The Balaban J connectivity index is 2.11. The van der Waals surface area contributed by atoms with E-state index in [1.165, 1.54) is 8.52 Å². The van der Waals surface area contributed by atoms with Crippen LogP contribution in [0.5, 0.6) is 0 Å². The van der Waals surface area contributed by atoms with Gasteiger partial charge in [-0.05, 0) is 30.9 Å². The van der Waals surface area contributed by atoms with Crippen LogP contribution in [0.25, 0.3) is 16.5 Å². The third-order valence-corrected chi connectivity index (χ3v) is 4.92. The lowest BCUT2D eigenvalue weighted by Crippen LogP contribution is -2.29. The first-order chi connectivity index (χ1) is 12.7. The SMILES string of the molecule is C\C=C/C=C(\C=C/C)Cn1c(=O)sn(-c2cccc3ccccc23)c1=O. The molecule has 1 aromatic heterocycles. The van der Waals surface area contributed by atoms with Crippen LogP contribution in [0.4, 0.5) is 0 Å². The zero-order valence-corrected chi connectivity index (χ0v) is 15.6. The first-order valence-electron chi connectivity index (χ1n) is 8.41. The van der Waals surface area contributed by atoms with E-state index in [1.54, 1.807) is 0 Å². The minimum atomic E-state index is -0.313. The molecule has 3 aromatic rings. The van der Waals surface area contributed by atoms with Crippen LogP contribution in [-0.2, 0) is 6.54 Å². The summed E-state index contributed by atoms with van der Waals surface area (Å²) in [5.74, 6) is 0. The van der Waals surface area contributed by atoms with Gasteiger partial charge >= 0.3 is 10.6 Å². The van der Waals surface area contributed by atoms with Crippen molar-refractivity contribution in [1.29, 1.82) is 0 Å². The van der Waals surface area contributed by atoms with Gasteiger partial charge in [0.15, 0.2) is 0 Å². The van der Waals surface area contributed by atoms with Crippen molar-refractivity contribution in [3.05, 3.63) is 98.6 Å². The van der Waals surface area contributed by atoms with Gasteiger partial charge in [-0.25, -0.2) is 13.3 Å². The Hall–Kier alpha value is -2.92. The molecule has 0 aliphatic heterocycles. The number of aromatic nitrogens is 2. The zero-order chi connectivity index (χ0) is 18.5. The standard InChI is InChI=1S/C21H20N2O2S/c1-3-5-10-16(9-4-2)15-22-20(24)23(26-21(22)25)19-14-8-12-17-11-6-7-13-18(17)19/h3-14H,15H2,1-2H3/b5-3-,9-4-,16-10+. The summed E-state index contributed by atoms with van der Waals surface area (Å²) in [4.78, 5) is 25.1. The highest BCUT2D eigenvalue weighted by atomic mass is 32.1. The Kier molecular flexibility index (Phi) is 5.49. The van der Waals surface area contributed by atoms with E-state index in [0.29, 0.717) is 0 Å². The predicted octanol–water partition coefficient (Wildman–Crippen LogP) is 4.29. The van der Waals surface area contributed by atoms with Gasteiger partial charge in [-0.2, -0.15) is 0 Å². The van der Waals surface area contributed by atoms with E-state index in [-0.39, 0.29) is 17.1 Å². The van der Waals surface area contributed by atoms with Crippen LogP contribution >= 0.6 is 11.5 Å². The molecule has 0 bridgehead atoms. The van der Waals surface area contributed by atoms with Crippen LogP contribution in [0, 0.1) is 0 Å². The minimum Gasteiger partial charge on any atom is -0.255 e. The average Bonchev–Trinajstić information content (AvgIpc) is 2.93. The fourth-order valence-electron chi connectivity index (χ4n) is 2.80. The molecule has 0 saturated heterocycles. The van der Waals surface area contributed by atoms with E-state index < -0.39 is 0 Å². The van der Waals surface area contributed by atoms with E-state index in [2.05, 4.69) is 0 Å². The maximum atomic E-state index is 12.9. The Bertz CT molecular complexity index is 1120. The molecule has 0 atom stereocenters. The largest absolute Gasteiger partial charge is 0.346 e. The molecule has 0 aliphatic rings. The third kappa shape index (κ3) is 3.53. The molecule has 0 amide bonds. The molecule has 132 valence electrons. The van der Waals surface area contributed by atoms with Crippen LogP contribution in [0.3, 0.4) is 0 Å². The van der Waals surface area contributed by atoms with E-state index in [9.17, 15) is 9.59 Å². The molecule has 2 aromatic carbocycles. The number of hydrogen-bond acceptors (Lipinski definition) is 3. The van der Waals surface area contributed by atoms with Gasteiger partial charge in [-0.15, -0.1) is 0 Å². The summed E-state index contributed by atoms with van der Waals surface area (Å²) in [7, 11) is 0. The molecule has 0 saturated carbocycles. The summed E-state index contributed by atoms with van der Waals surface area (Å²) in [6, 6.07) is 13.6. The molecule has 0 fully saturated rings. The van der Waals surface area contributed by atoms with Gasteiger partial charge in [0.25, 0.3) is 0 Å². The molecule has 0 aliphatic carbocycles. The van der Waals surface area contributed by atoms with Crippen molar-refractivity contribution in [1.82, 2.24) is 8.52 Å². The number of allylic oxidation sites excluding steroid dienone is 6. The van der Waals surface area contributed by atoms with Crippen molar-refractivity contribution in [3.8, 4) is 5.69 Å². The van der Waals surface area contributed by atoms with Crippen LogP contribution in [-0.4, -0.2) is 8.52 Å². The molecule has 3 rings (SSSR count). The zero-order valence-electron chi connectivity index (χ0n) is 14.8. The van der Waals surface area contributed by atoms with Gasteiger partial charge < -0.3 is 0 Å². The molecule has 0 radical (unpaired) electrons. The molecule has 1 heterocycles. The van der Waals surface area contributed by atoms with Crippen molar-refractivity contribution < 1.29 is 0 Å². The maximum Gasteiger partial charge on any atom is 0.346 e. The molecule has 5 heteroatoms. The summed E-state index contributed by atoms with van der Waals surface area (Å²) in [5, 5.41) is 1.98. The normalized spacial score (nSPS) is 12.6. The lowest BCUT2D eigenvalue weighted by atomic mass is 10.1. The van der Waals surface area contributed by atoms with Gasteiger partial charge in [-0.1, -0.05) is 66.8 Å². The summed E-state index contributed by atoms with van der Waals surface area (Å²) in [5.41, 5.74) is 1.32. The summed E-state index contributed by atoms with van der Waals surface area (Å²) < 4.78 is 2.76. The molecule has 26 heavy (non-hydrogen) atoms. The minimum absolute atomic E-state index is 0.251. The predicted molar refractivity (Wildman–Crippen MR) is 109 cm³/mol. The summed E-state index contributed by atoms with van der Waals surface area (Å²) in [6.45, 7) is 4.09. The van der Waals surface area contributed by atoms with E-state index in [1.807, 2.05) is 86.7 Å². The van der Waals surface area contributed by atoms with Crippen LogP contribution < -0.4 is 10.6 Å². The van der Waals surface area contributed by atoms with Gasteiger partial charge in [0.05, 0.1) is 12.2 Å². The van der Waals surface area contributed by atoms with Gasteiger partial charge in [0.2, 0.25) is 0 Å². The summed E-state index contributed by atoms with van der Waals surface area (Å²) >= 11 is 0.935. The summed E-state index contributed by atoms with van der Waals surface area (Å²) in [6.07, 6.45) is 9.53. The molecular formula is C21H20N2O2S. The quantitative estimate of drug-likeness (QED) is 0.634. The van der Waals surface area contributed by atoms with Crippen molar-refractivity contribution in [3.63, 3.8) is 0 Å². The topological polar surface area (TPSA) is 44.0 Å². The Morgan fingerprint density at radius 2 is 1.81 bits per heavy atom. The fraction of sp³-hybridized carbons (Fsp3) is 0.143. The lowest BCUT2D eigenvalue weighted by Gasteiger charge is -2.05. The second kappa shape index (κ2) is 7.97. The second-order valence-corrected chi connectivity index (χ2v) is 6.68. The van der Waals surface area contributed by atoms with Crippen LogP contribution in [0.15, 0.2) is 88.0 Å².